The summed E-state index contributed by atoms with van der Waals surface area (Å²) in [4.78, 5) is 11.4. The van der Waals surface area contributed by atoms with E-state index in [1.165, 1.54) is 7.11 Å². The van der Waals surface area contributed by atoms with Crippen molar-refractivity contribution >= 4 is 17.7 Å². The average molecular weight is 231 g/mol. The van der Waals surface area contributed by atoms with Crippen LogP contribution in [-0.2, 0) is 9.53 Å². The molecule has 1 saturated carbocycles. The van der Waals surface area contributed by atoms with E-state index in [1.807, 2.05) is 11.8 Å². The van der Waals surface area contributed by atoms with Crippen LogP contribution in [0.4, 0.5) is 0 Å². The summed E-state index contributed by atoms with van der Waals surface area (Å²) in [6.07, 6.45) is 5.53. The van der Waals surface area contributed by atoms with Crippen molar-refractivity contribution in [1.29, 1.82) is 0 Å². The lowest BCUT2D eigenvalue weighted by Gasteiger charge is -2.16. The lowest BCUT2D eigenvalue weighted by molar-refractivity contribution is -0.143. The summed E-state index contributed by atoms with van der Waals surface area (Å²) in [5.41, 5.74) is 0. The van der Waals surface area contributed by atoms with E-state index in [1.54, 1.807) is 0 Å². The van der Waals surface area contributed by atoms with E-state index < -0.39 is 0 Å². The molecule has 0 aromatic rings. The predicted octanol–water partition coefficient (Wildman–Crippen LogP) is 1.67. The van der Waals surface area contributed by atoms with E-state index in [0.29, 0.717) is 11.2 Å². The molecule has 0 aromatic heterocycles. The summed E-state index contributed by atoms with van der Waals surface area (Å²) in [5.74, 6) is 0.413. The number of esters is 1. The Balaban J connectivity index is 2.23. The van der Waals surface area contributed by atoms with Gasteiger partial charge in [0, 0.05) is 5.25 Å². The number of carbonyl (C=O) groups excluding carboxylic acids is 1. The molecule has 0 aliphatic heterocycles. The molecule has 0 amide bonds. The van der Waals surface area contributed by atoms with Crippen LogP contribution in [0.5, 0.6) is 0 Å². The van der Waals surface area contributed by atoms with E-state index in [0.717, 1.165) is 25.8 Å². The molecule has 88 valence electrons. The topological polar surface area (TPSA) is 38.3 Å². The van der Waals surface area contributed by atoms with Gasteiger partial charge in [-0.2, -0.15) is 11.8 Å². The molecule has 0 bridgehead atoms. The van der Waals surface area contributed by atoms with Crippen molar-refractivity contribution in [3.05, 3.63) is 0 Å². The Hall–Kier alpha value is -0.220. The molecule has 0 aromatic carbocycles. The van der Waals surface area contributed by atoms with Crippen LogP contribution in [0.25, 0.3) is 0 Å². The highest BCUT2D eigenvalue weighted by Crippen LogP contribution is 2.33. The lowest BCUT2D eigenvalue weighted by atomic mass is 10.2. The van der Waals surface area contributed by atoms with Gasteiger partial charge in [-0.1, -0.05) is 6.92 Å². The van der Waals surface area contributed by atoms with Gasteiger partial charge in [0.2, 0.25) is 0 Å². The zero-order valence-corrected chi connectivity index (χ0v) is 10.6. The van der Waals surface area contributed by atoms with Crippen molar-refractivity contribution in [2.24, 2.45) is 5.92 Å². The maximum atomic E-state index is 11.4. The van der Waals surface area contributed by atoms with Crippen LogP contribution in [0.1, 0.15) is 26.2 Å². The molecule has 0 heterocycles. The lowest BCUT2D eigenvalue weighted by Crippen LogP contribution is -2.40. The molecule has 0 saturated heterocycles. The number of ether oxygens (including phenoxy) is 1. The third-order valence-electron chi connectivity index (χ3n) is 2.87. The second kappa shape index (κ2) is 6.38. The van der Waals surface area contributed by atoms with E-state index in [9.17, 15) is 4.79 Å². The number of carbonyl (C=O) groups is 1. The fourth-order valence-corrected chi connectivity index (χ4v) is 1.91. The molecule has 1 aliphatic carbocycles. The van der Waals surface area contributed by atoms with Gasteiger partial charge in [0.25, 0.3) is 0 Å². The Morgan fingerprint density at radius 1 is 1.60 bits per heavy atom. The number of hydrogen-bond donors (Lipinski definition) is 1. The molecule has 2 atom stereocenters. The van der Waals surface area contributed by atoms with Crippen LogP contribution < -0.4 is 5.32 Å². The second-order valence-electron chi connectivity index (χ2n) is 4.13. The number of methoxy groups -OCH3 is 1. The van der Waals surface area contributed by atoms with Crippen molar-refractivity contribution < 1.29 is 9.53 Å². The minimum absolute atomic E-state index is 0.0657. The molecule has 4 heteroatoms. The Bertz CT molecular complexity index is 207. The second-order valence-corrected chi connectivity index (χ2v) is 5.40. The first-order valence-electron chi connectivity index (χ1n) is 5.53. The quantitative estimate of drug-likeness (QED) is 0.676. The van der Waals surface area contributed by atoms with Gasteiger partial charge >= 0.3 is 5.97 Å². The minimum Gasteiger partial charge on any atom is -0.468 e. The molecule has 2 unspecified atom stereocenters. The zero-order valence-electron chi connectivity index (χ0n) is 9.79. The van der Waals surface area contributed by atoms with E-state index in [2.05, 4.69) is 18.5 Å². The summed E-state index contributed by atoms with van der Waals surface area (Å²) in [5, 5.41) is 3.96. The standard InChI is InChI=1S/C11H21NO2S/c1-8(15-3)6-7-12-10(9-4-5-9)11(13)14-2/h8-10,12H,4-7H2,1-3H3. The van der Waals surface area contributed by atoms with Gasteiger partial charge < -0.3 is 10.1 Å². The Morgan fingerprint density at radius 2 is 2.27 bits per heavy atom. The predicted molar refractivity (Wildman–Crippen MR) is 64.1 cm³/mol. The fourth-order valence-electron chi connectivity index (χ4n) is 1.56. The van der Waals surface area contributed by atoms with Gasteiger partial charge in [-0.3, -0.25) is 4.79 Å². The first-order chi connectivity index (χ1) is 7.19. The maximum absolute atomic E-state index is 11.4. The maximum Gasteiger partial charge on any atom is 0.323 e. The molecule has 0 radical (unpaired) electrons. The van der Waals surface area contributed by atoms with Gasteiger partial charge in [-0.15, -0.1) is 0 Å². The molecule has 15 heavy (non-hydrogen) atoms. The number of rotatable bonds is 7. The molecule has 1 aliphatic rings. The van der Waals surface area contributed by atoms with Crippen molar-refractivity contribution in [3.8, 4) is 0 Å². The molecule has 1 N–H and O–H groups in total. The summed E-state index contributed by atoms with van der Waals surface area (Å²) in [7, 11) is 1.46. The van der Waals surface area contributed by atoms with Gasteiger partial charge in [-0.05, 0) is 38.0 Å². The van der Waals surface area contributed by atoms with Crippen molar-refractivity contribution in [2.45, 2.75) is 37.5 Å². The van der Waals surface area contributed by atoms with Crippen LogP contribution in [0.15, 0.2) is 0 Å². The van der Waals surface area contributed by atoms with E-state index in [-0.39, 0.29) is 12.0 Å². The van der Waals surface area contributed by atoms with Crippen LogP contribution in [-0.4, -0.2) is 37.2 Å². The molecule has 1 rings (SSSR count). The zero-order chi connectivity index (χ0) is 11.3. The normalized spacial score (nSPS) is 19.7. The average Bonchev–Trinajstić information content (AvgIpc) is 3.06. The smallest absolute Gasteiger partial charge is 0.323 e. The number of hydrogen-bond acceptors (Lipinski definition) is 4. The Labute approximate surface area is 96.3 Å². The highest BCUT2D eigenvalue weighted by atomic mass is 32.2. The molecular weight excluding hydrogens is 210 g/mol. The Kier molecular flexibility index (Phi) is 5.47. The van der Waals surface area contributed by atoms with Gasteiger partial charge in [0.05, 0.1) is 7.11 Å². The third kappa shape index (κ3) is 4.43. The SMILES string of the molecule is COC(=O)C(NCCC(C)SC)C1CC1. The molecular formula is C11H21NO2S. The van der Waals surface area contributed by atoms with Gasteiger partial charge in [0.1, 0.15) is 6.04 Å². The monoisotopic (exact) mass is 231 g/mol. The van der Waals surface area contributed by atoms with Crippen molar-refractivity contribution in [1.82, 2.24) is 5.32 Å². The highest BCUT2D eigenvalue weighted by Gasteiger charge is 2.36. The summed E-state index contributed by atoms with van der Waals surface area (Å²) in [6.45, 7) is 3.11. The molecule has 3 nitrogen and oxygen atoms in total. The van der Waals surface area contributed by atoms with Crippen LogP contribution in [0, 0.1) is 5.92 Å². The van der Waals surface area contributed by atoms with Gasteiger partial charge in [-0.25, -0.2) is 0 Å². The highest BCUT2D eigenvalue weighted by molar-refractivity contribution is 7.99. The first kappa shape index (κ1) is 12.8. The third-order valence-corrected chi connectivity index (χ3v) is 3.91. The summed E-state index contributed by atoms with van der Waals surface area (Å²) >= 11 is 1.86. The minimum atomic E-state index is -0.102. The number of thioether (sulfide) groups is 1. The largest absolute Gasteiger partial charge is 0.468 e. The Morgan fingerprint density at radius 3 is 2.73 bits per heavy atom. The van der Waals surface area contributed by atoms with Crippen LogP contribution in [0.2, 0.25) is 0 Å². The van der Waals surface area contributed by atoms with E-state index in [4.69, 9.17) is 4.74 Å². The fraction of sp³-hybridized carbons (Fsp3) is 0.909. The van der Waals surface area contributed by atoms with Crippen molar-refractivity contribution in [2.75, 3.05) is 19.9 Å². The van der Waals surface area contributed by atoms with Crippen LogP contribution in [0.3, 0.4) is 0 Å². The summed E-state index contributed by atoms with van der Waals surface area (Å²) < 4.78 is 4.79. The number of nitrogens with one attached hydrogen (secondary N) is 1. The van der Waals surface area contributed by atoms with E-state index >= 15 is 0 Å². The molecule has 1 fully saturated rings. The summed E-state index contributed by atoms with van der Waals surface area (Å²) in [6, 6.07) is -0.0657. The van der Waals surface area contributed by atoms with Gasteiger partial charge in [0.15, 0.2) is 0 Å². The first-order valence-corrected chi connectivity index (χ1v) is 6.81. The molecule has 0 spiro atoms. The van der Waals surface area contributed by atoms with Crippen molar-refractivity contribution in [3.63, 3.8) is 0 Å². The van der Waals surface area contributed by atoms with Crippen LogP contribution >= 0.6 is 11.8 Å².